The Bertz CT molecular complexity index is 1390. The average molecular weight is 439 g/mol. The number of rotatable bonds is 3. The van der Waals surface area contributed by atoms with E-state index in [2.05, 4.69) is 5.43 Å². The number of anilines is 1. The van der Waals surface area contributed by atoms with Crippen molar-refractivity contribution in [3.8, 4) is 0 Å². The van der Waals surface area contributed by atoms with Gasteiger partial charge in [0.2, 0.25) is 0 Å². The molecule has 0 radical (unpaired) electrons. The van der Waals surface area contributed by atoms with Crippen molar-refractivity contribution in [1.82, 2.24) is 10.4 Å². The number of carbonyl (C=O) groups is 5. The van der Waals surface area contributed by atoms with Gasteiger partial charge in [0, 0.05) is 5.56 Å². The van der Waals surface area contributed by atoms with Crippen LogP contribution in [0.25, 0.3) is 0 Å². The van der Waals surface area contributed by atoms with Crippen LogP contribution in [-0.4, -0.2) is 34.5 Å². The highest BCUT2D eigenvalue weighted by atomic mass is 16.2. The molecule has 2 aliphatic rings. The molecule has 5 rings (SSSR count). The first kappa shape index (κ1) is 20.3. The van der Waals surface area contributed by atoms with Gasteiger partial charge in [-0.2, -0.15) is 5.01 Å². The standard InChI is InChI=1S/C25H17N3O5/c1-13-7-9-16(11-14(13)2)27-22(30)19-10-8-15(12-20(19)23(27)31)21(29)26-28-24(32)17-5-3-4-6-18(17)25(28)33/h3-12H,1-2H3,(H,26,29). The van der Waals surface area contributed by atoms with Crippen molar-refractivity contribution in [2.75, 3.05) is 4.90 Å². The Kier molecular flexibility index (Phi) is 4.45. The van der Waals surface area contributed by atoms with E-state index in [9.17, 15) is 24.0 Å². The van der Waals surface area contributed by atoms with E-state index in [1.54, 1.807) is 24.3 Å². The summed E-state index contributed by atoms with van der Waals surface area (Å²) in [4.78, 5) is 64.8. The fourth-order valence-electron chi connectivity index (χ4n) is 3.94. The van der Waals surface area contributed by atoms with Gasteiger partial charge in [0.05, 0.1) is 27.9 Å². The lowest BCUT2D eigenvalue weighted by atomic mass is 10.1. The lowest BCUT2D eigenvalue weighted by Crippen LogP contribution is -2.45. The van der Waals surface area contributed by atoms with E-state index in [0.717, 1.165) is 16.0 Å². The number of nitrogens with zero attached hydrogens (tertiary/aromatic N) is 2. The minimum atomic E-state index is -0.753. The fraction of sp³-hybridized carbons (Fsp3) is 0.0800. The Morgan fingerprint density at radius 3 is 1.91 bits per heavy atom. The molecule has 3 aromatic rings. The molecule has 8 heteroatoms. The van der Waals surface area contributed by atoms with Crippen molar-refractivity contribution in [1.29, 1.82) is 0 Å². The van der Waals surface area contributed by atoms with E-state index in [0.29, 0.717) is 10.7 Å². The first-order chi connectivity index (χ1) is 15.8. The normalized spacial score (nSPS) is 14.6. The van der Waals surface area contributed by atoms with Crippen molar-refractivity contribution in [3.63, 3.8) is 0 Å². The molecule has 0 bridgehead atoms. The summed E-state index contributed by atoms with van der Waals surface area (Å²) in [6.45, 7) is 3.82. The largest absolute Gasteiger partial charge is 0.280 e. The maximum absolute atomic E-state index is 13.0. The molecule has 33 heavy (non-hydrogen) atoms. The van der Waals surface area contributed by atoms with E-state index < -0.39 is 29.5 Å². The Labute approximate surface area is 188 Å². The molecule has 1 N–H and O–H groups in total. The Morgan fingerprint density at radius 1 is 0.667 bits per heavy atom. The maximum atomic E-state index is 13.0. The first-order valence-corrected chi connectivity index (χ1v) is 10.2. The highest BCUT2D eigenvalue weighted by Crippen LogP contribution is 2.30. The van der Waals surface area contributed by atoms with Gasteiger partial charge in [-0.3, -0.25) is 29.4 Å². The minimum absolute atomic E-state index is 0.0355. The summed E-state index contributed by atoms with van der Waals surface area (Å²) >= 11 is 0. The summed E-state index contributed by atoms with van der Waals surface area (Å²) in [6, 6.07) is 15.6. The monoisotopic (exact) mass is 439 g/mol. The summed E-state index contributed by atoms with van der Waals surface area (Å²) in [5.74, 6) is -3.06. The molecule has 0 unspecified atom stereocenters. The van der Waals surface area contributed by atoms with Gasteiger partial charge in [-0.1, -0.05) is 18.2 Å². The smallest absolute Gasteiger partial charge is 0.268 e. The number of hydrogen-bond donors (Lipinski definition) is 1. The molecule has 0 aliphatic carbocycles. The molecule has 0 atom stereocenters. The van der Waals surface area contributed by atoms with Gasteiger partial charge in [-0.05, 0) is 67.4 Å². The zero-order chi connectivity index (χ0) is 23.4. The predicted octanol–water partition coefficient (Wildman–Crippen LogP) is 3.05. The van der Waals surface area contributed by atoms with Crippen LogP contribution in [0.5, 0.6) is 0 Å². The number of carbonyl (C=O) groups excluding carboxylic acids is 5. The summed E-state index contributed by atoms with van der Waals surface area (Å²) in [5.41, 5.74) is 5.39. The quantitative estimate of drug-likeness (QED) is 0.632. The van der Waals surface area contributed by atoms with E-state index in [-0.39, 0.29) is 27.8 Å². The van der Waals surface area contributed by atoms with Crippen molar-refractivity contribution in [3.05, 3.63) is 99.6 Å². The molecular formula is C25H17N3O5. The lowest BCUT2D eigenvalue weighted by Gasteiger charge is -2.15. The number of nitrogens with one attached hydrogen (secondary N) is 1. The van der Waals surface area contributed by atoms with Crippen LogP contribution in [-0.2, 0) is 0 Å². The molecule has 0 aromatic heterocycles. The van der Waals surface area contributed by atoms with Crippen LogP contribution in [0.3, 0.4) is 0 Å². The van der Waals surface area contributed by atoms with Crippen LogP contribution in [0.2, 0.25) is 0 Å². The molecule has 2 aliphatic heterocycles. The van der Waals surface area contributed by atoms with E-state index in [1.165, 1.54) is 30.3 Å². The van der Waals surface area contributed by atoms with Crippen LogP contribution in [0.1, 0.15) is 62.9 Å². The summed E-state index contributed by atoms with van der Waals surface area (Å²) < 4.78 is 0. The maximum Gasteiger partial charge on any atom is 0.280 e. The van der Waals surface area contributed by atoms with Crippen molar-refractivity contribution < 1.29 is 24.0 Å². The van der Waals surface area contributed by atoms with Gasteiger partial charge in [0.15, 0.2) is 0 Å². The molecule has 8 nitrogen and oxygen atoms in total. The van der Waals surface area contributed by atoms with Gasteiger partial charge in [-0.25, -0.2) is 4.90 Å². The van der Waals surface area contributed by atoms with Crippen molar-refractivity contribution >= 4 is 35.2 Å². The van der Waals surface area contributed by atoms with Gasteiger partial charge in [0.1, 0.15) is 0 Å². The summed E-state index contributed by atoms with van der Waals surface area (Å²) in [6.07, 6.45) is 0. The van der Waals surface area contributed by atoms with Gasteiger partial charge >= 0.3 is 0 Å². The second-order valence-electron chi connectivity index (χ2n) is 7.91. The SMILES string of the molecule is Cc1ccc(N2C(=O)c3ccc(C(=O)NN4C(=O)c5ccccc5C4=O)cc3C2=O)cc1C. The molecule has 0 saturated heterocycles. The Balaban J connectivity index is 1.42. The number of imide groups is 2. The van der Waals surface area contributed by atoms with Crippen LogP contribution in [0.15, 0.2) is 60.7 Å². The van der Waals surface area contributed by atoms with E-state index in [4.69, 9.17) is 0 Å². The highest BCUT2D eigenvalue weighted by Gasteiger charge is 2.39. The third-order valence-corrected chi connectivity index (χ3v) is 5.90. The third kappa shape index (κ3) is 3.03. The Hall–Kier alpha value is -4.59. The second-order valence-corrected chi connectivity index (χ2v) is 7.91. The van der Waals surface area contributed by atoms with Gasteiger partial charge in [0.25, 0.3) is 29.5 Å². The molecule has 162 valence electrons. The third-order valence-electron chi connectivity index (χ3n) is 5.90. The second kappa shape index (κ2) is 7.23. The molecule has 2 heterocycles. The molecule has 0 spiro atoms. The molecule has 5 amide bonds. The van der Waals surface area contributed by atoms with E-state index >= 15 is 0 Å². The number of amides is 5. The zero-order valence-electron chi connectivity index (χ0n) is 17.7. The zero-order valence-corrected chi connectivity index (χ0v) is 17.7. The van der Waals surface area contributed by atoms with Crippen LogP contribution >= 0.6 is 0 Å². The number of fused-ring (bicyclic) bond motifs is 2. The van der Waals surface area contributed by atoms with Crippen molar-refractivity contribution in [2.45, 2.75) is 13.8 Å². The summed E-state index contributed by atoms with van der Waals surface area (Å²) in [7, 11) is 0. The van der Waals surface area contributed by atoms with E-state index in [1.807, 2.05) is 19.9 Å². The molecule has 3 aromatic carbocycles. The topological polar surface area (TPSA) is 104 Å². The average Bonchev–Trinajstić information content (AvgIpc) is 3.21. The number of benzene rings is 3. The van der Waals surface area contributed by atoms with Gasteiger partial charge in [-0.15, -0.1) is 0 Å². The van der Waals surface area contributed by atoms with Crippen LogP contribution in [0.4, 0.5) is 5.69 Å². The van der Waals surface area contributed by atoms with Crippen LogP contribution in [0, 0.1) is 13.8 Å². The lowest BCUT2D eigenvalue weighted by molar-refractivity contribution is 0.0518. The number of aryl methyl sites for hydroxylation is 2. The molecule has 0 saturated carbocycles. The summed E-state index contributed by atoms with van der Waals surface area (Å²) in [5, 5.41) is 0.647. The highest BCUT2D eigenvalue weighted by molar-refractivity contribution is 6.34. The van der Waals surface area contributed by atoms with Crippen LogP contribution < -0.4 is 10.3 Å². The molecule has 0 fully saturated rings. The van der Waals surface area contributed by atoms with Gasteiger partial charge < -0.3 is 0 Å². The minimum Gasteiger partial charge on any atom is -0.268 e. The fourth-order valence-corrected chi connectivity index (χ4v) is 3.94. The van der Waals surface area contributed by atoms with Crippen molar-refractivity contribution in [2.24, 2.45) is 0 Å². The number of hydrazine groups is 1. The number of hydrogen-bond acceptors (Lipinski definition) is 5. The predicted molar refractivity (Wildman–Crippen MR) is 118 cm³/mol. The first-order valence-electron chi connectivity index (χ1n) is 10.2. The molecular weight excluding hydrogens is 422 g/mol. The Morgan fingerprint density at radius 2 is 1.27 bits per heavy atom.